The van der Waals surface area contributed by atoms with Crippen molar-refractivity contribution in [1.29, 1.82) is 0 Å². The lowest BCUT2D eigenvalue weighted by atomic mass is 10.1. The van der Waals surface area contributed by atoms with Crippen molar-refractivity contribution in [1.82, 2.24) is 0 Å². The van der Waals surface area contributed by atoms with E-state index in [0.29, 0.717) is 17.1 Å². The second-order valence-corrected chi connectivity index (χ2v) is 5.29. The third-order valence-corrected chi connectivity index (χ3v) is 3.39. The van der Waals surface area contributed by atoms with Crippen molar-refractivity contribution < 1.29 is 28.5 Å². The average molecular weight is 358 g/mol. The van der Waals surface area contributed by atoms with Crippen LogP contribution >= 0.6 is 0 Å². The molecule has 0 atom stereocenters. The minimum atomic E-state index is -0.358. The van der Waals surface area contributed by atoms with E-state index < -0.39 is 0 Å². The molecule has 0 heterocycles. The third-order valence-electron chi connectivity index (χ3n) is 3.39. The van der Waals surface area contributed by atoms with Crippen molar-refractivity contribution in [2.45, 2.75) is 0 Å². The highest BCUT2D eigenvalue weighted by molar-refractivity contribution is 5.89. The molecule has 2 rings (SSSR count). The van der Waals surface area contributed by atoms with Gasteiger partial charge in [0.2, 0.25) is 0 Å². The van der Waals surface area contributed by atoms with Gasteiger partial charge in [-0.25, -0.2) is 4.79 Å². The molecule has 0 unspecified atom stereocenters. The van der Waals surface area contributed by atoms with Crippen LogP contribution in [-0.2, 0) is 14.2 Å². The van der Waals surface area contributed by atoms with Crippen LogP contribution in [0.1, 0.15) is 21.5 Å². The summed E-state index contributed by atoms with van der Waals surface area (Å²) in [5, 5.41) is 0. The van der Waals surface area contributed by atoms with E-state index in [1.165, 1.54) is 7.11 Å². The molecule has 0 bridgehead atoms. The molecule has 0 saturated carbocycles. The number of carbonyl (C=O) groups is 1. The zero-order valence-corrected chi connectivity index (χ0v) is 15.1. The number of esters is 1. The molecule has 0 radical (unpaired) electrons. The van der Waals surface area contributed by atoms with Gasteiger partial charge in [-0.15, -0.1) is 0 Å². The molecule has 0 amide bonds. The van der Waals surface area contributed by atoms with Crippen molar-refractivity contribution in [2.24, 2.45) is 0 Å². The minimum Gasteiger partial charge on any atom is -0.467 e. The molecule has 0 aromatic heterocycles. The van der Waals surface area contributed by atoms with E-state index in [1.807, 2.05) is 36.4 Å². The molecule has 0 aliphatic rings. The van der Waals surface area contributed by atoms with Crippen LogP contribution in [0.15, 0.2) is 42.5 Å². The van der Waals surface area contributed by atoms with Crippen LogP contribution in [0.5, 0.6) is 11.5 Å². The van der Waals surface area contributed by atoms with Crippen LogP contribution < -0.4 is 9.47 Å². The second-order valence-electron chi connectivity index (χ2n) is 5.29. The highest BCUT2D eigenvalue weighted by atomic mass is 16.7. The maximum atomic E-state index is 11.5. The molecule has 0 fully saturated rings. The zero-order valence-electron chi connectivity index (χ0n) is 15.1. The summed E-state index contributed by atoms with van der Waals surface area (Å²) in [5.41, 5.74) is 2.34. The van der Waals surface area contributed by atoms with Gasteiger partial charge in [0.1, 0.15) is 11.5 Å². The van der Waals surface area contributed by atoms with Crippen LogP contribution in [0.3, 0.4) is 0 Å². The van der Waals surface area contributed by atoms with Gasteiger partial charge < -0.3 is 23.7 Å². The van der Waals surface area contributed by atoms with Gasteiger partial charge in [0.05, 0.1) is 12.7 Å². The van der Waals surface area contributed by atoms with Crippen molar-refractivity contribution in [3.05, 3.63) is 59.2 Å². The highest BCUT2D eigenvalue weighted by Crippen LogP contribution is 2.24. The first-order valence-corrected chi connectivity index (χ1v) is 7.91. The molecule has 0 saturated heterocycles. The maximum Gasteiger partial charge on any atom is 0.337 e. The third kappa shape index (κ3) is 5.91. The first kappa shape index (κ1) is 19.5. The summed E-state index contributed by atoms with van der Waals surface area (Å²) < 4.78 is 25.5. The first-order chi connectivity index (χ1) is 12.7. The van der Waals surface area contributed by atoms with Crippen molar-refractivity contribution in [2.75, 3.05) is 34.9 Å². The number of hydrogen-bond acceptors (Lipinski definition) is 6. The zero-order chi connectivity index (χ0) is 18.8. The lowest BCUT2D eigenvalue weighted by molar-refractivity contribution is 0.0460. The summed E-state index contributed by atoms with van der Waals surface area (Å²) in [6, 6.07) is 12.6. The lowest BCUT2D eigenvalue weighted by Gasteiger charge is -2.10. The maximum absolute atomic E-state index is 11.5. The number of rotatable bonds is 9. The Labute approximate surface area is 152 Å². The summed E-state index contributed by atoms with van der Waals surface area (Å²) in [5.74, 6) is 0.894. The van der Waals surface area contributed by atoms with Gasteiger partial charge in [-0.05, 0) is 35.4 Å². The predicted molar refractivity (Wildman–Crippen MR) is 98.2 cm³/mol. The van der Waals surface area contributed by atoms with Gasteiger partial charge in [-0.2, -0.15) is 0 Å². The smallest absolute Gasteiger partial charge is 0.337 e. The number of hydrogen-bond donors (Lipinski definition) is 0. The Morgan fingerprint density at radius 3 is 1.85 bits per heavy atom. The Hall–Kier alpha value is -2.83. The van der Waals surface area contributed by atoms with Gasteiger partial charge in [0, 0.05) is 20.3 Å². The Morgan fingerprint density at radius 2 is 1.35 bits per heavy atom. The van der Waals surface area contributed by atoms with E-state index in [1.54, 1.807) is 32.4 Å². The lowest BCUT2D eigenvalue weighted by Crippen LogP contribution is -2.02. The number of methoxy groups -OCH3 is 3. The SMILES string of the molecule is COCOc1cc(/C=C/c2ccc(C(=O)OC)cc2)cc(OCOC)c1. The molecule has 0 N–H and O–H groups in total. The molecule has 6 heteroatoms. The number of ether oxygens (including phenoxy) is 5. The fourth-order valence-corrected chi connectivity index (χ4v) is 2.15. The topological polar surface area (TPSA) is 63.2 Å². The number of benzene rings is 2. The molecule has 0 aliphatic heterocycles. The second kappa shape index (κ2) is 10.2. The normalized spacial score (nSPS) is 10.7. The van der Waals surface area contributed by atoms with Gasteiger partial charge in [0.25, 0.3) is 0 Å². The highest BCUT2D eigenvalue weighted by Gasteiger charge is 2.04. The molecule has 2 aromatic rings. The summed E-state index contributed by atoms with van der Waals surface area (Å²) >= 11 is 0. The standard InChI is InChI=1S/C20H22O6/c1-22-13-25-18-10-16(11-19(12-18)26-14-23-2)5-4-15-6-8-17(9-7-15)20(21)24-3/h4-12H,13-14H2,1-3H3/b5-4+. The predicted octanol–water partition coefficient (Wildman–Crippen LogP) is 3.61. The molecule has 6 nitrogen and oxygen atoms in total. The van der Waals surface area contributed by atoms with Gasteiger partial charge in [-0.3, -0.25) is 0 Å². The molecule has 0 spiro atoms. The van der Waals surface area contributed by atoms with E-state index in [2.05, 4.69) is 0 Å². The Balaban J connectivity index is 2.17. The monoisotopic (exact) mass is 358 g/mol. The van der Waals surface area contributed by atoms with Crippen LogP contribution in [0.2, 0.25) is 0 Å². The largest absolute Gasteiger partial charge is 0.467 e. The fourth-order valence-electron chi connectivity index (χ4n) is 2.15. The summed E-state index contributed by atoms with van der Waals surface area (Å²) in [7, 11) is 4.48. The Bertz CT molecular complexity index is 710. The number of carbonyl (C=O) groups excluding carboxylic acids is 1. The van der Waals surface area contributed by atoms with Crippen molar-refractivity contribution >= 4 is 18.1 Å². The quantitative estimate of drug-likeness (QED) is 0.388. The minimum absolute atomic E-state index is 0.145. The van der Waals surface area contributed by atoms with Crippen LogP contribution in [0, 0.1) is 0 Å². The molecular weight excluding hydrogens is 336 g/mol. The van der Waals surface area contributed by atoms with E-state index >= 15 is 0 Å². The fraction of sp³-hybridized carbons (Fsp3) is 0.250. The van der Waals surface area contributed by atoms with Crippen LogP contribution in [0.4, 0.5) is 0 Å². The molecule has 138 valence electrons. The Morgan fingerprint density at radius 1 is 0.808 bits per heavy atom. The molecule has 26 heavy (non-hydrogen) atoms. The summed E-state index contributed by atoms with van der Waals surface area (Å²) in [4.78, 5) is 11.5. The van der Waals surface area contributed by atoms with Gasteiger partial charge in [-0.1, -0.05) is 24.3 Å². The molecule has 2 aromatic carbocycles. The van der Waals surface area contributed by atoms with Crippen LogP contribution in [0.25, 0.3) is 12.2 Å². The average Bonchev–Trinajstić information content (AvgIpc) is 2.69. The molecular formula is C20H22O6. The summed E-state index contributed by atoms with van der Waals surface area (Å²) in [6.07, 6.45) is 3.85. The Kier molecular flexibility index (Phi) is 7.67. The summed E-state index contributed by atoms with van der Waals surface area (Å²) in [6.45, 7) is 0.289. The van der Waals surface area contributed by atoms with Gasteiger partial charge >= 0.3 is 5.97 Å². The van der Waals surface area contributed by atoms with E-state index in [-0.39, 0.29) is 19.6 Å². The van der Waals surface area contributed by atoms with E-state index in [9.17, 15) is 4.79 Å². The van der Waals surface area contributed by atoms with Gasteiger partial charge in [0.15, 0.2) is 13.6 Å². The van der Waals surface area contributed by atoms with Crippen molar-refractivity contribution in [3.63, 3.8) is 0 Å². The van der Waals surface area contributed by atoms with E-state index in [0.717, 1.165) is 11.1 Å². The van der Waals surface area contributed by atoms with Crippen LogP contribution in [-0.4, -0.2) is 40.9 Å². The van der Waals surface area contributed by atoms with E-state index in [4.69, 9.17) is 23.7 Å². The molecule has 0 aliphatic carbocycles. The first-order valence-electron chi connectivity index (χ1n) is 7.91. The van der Waals surface area contributed by atoms with Crippen molar-refractivity contribution in [3.8, 4) is 11.5 Å².